The maximum atomic E-state index is 6.61. The highest BCUT2D eigenvalue weighted by atomic mass is 16.3. The van der Waals surface area contributed by atoms with Crippen molar-refractivity contribution in [1.29, 1.82) is 0 Å². The Bertz CT molecular complexity index is 3890. The van der Waals surface area contributed by atoms with Gasteiger partial charge in [0.2, 0.25) is 5.89 Å². The van der Waals surface area contributed by atoms with Gasteiger partial charge < -0.3 is 9.32 Å². The number of aromatic nitrogens is 1. The van der Waals surface area contributed by atoms with Gasteiger partial charge in [-0.1, -0.05) is 188 Å². The summed E-state index contributed by atoms with van der Waals surface area (Å²) < 4.78 is 6.61. The van der Waals surface area contributed by atoms with Crippen LogP contribution in [0.5, 0.6) is 0 Å². The Morgan fingerprint density at radius 2 is 1.16 bits per heavy atom. The van der Waals surface area contributed by atoms with Gasteiger partial charge in [-0.15, -0.1) is 0 Å². The summed E-state index contributed by atoms with van der Waals surface area (Å²) in [6, 6.07) is 76.7. The monoisotopic (exact) mass is 868 g/mol. The molecule has 0 N–H and O–H groups in total. The third-order valence-corrected chi connectivity index (χ3v) is 13.8. The SMILES string of the molecule is C1=CC2=C(c3ccc(N(c4cccc(-c5ccccc5)c4)c4cc(-c5cccc(-c6cccc7c6ccc6nc(-c8ccc9ccccc9c8)oc67)c5)cc5ccccc45)cc3)C=CCC2C=C1. The highest BCUT2D eigenvalue weighted by molar-refractivity contribution is 6.10. The number of oxazole rings is 1. The lowest BCUT2D eigenvalue weighted by Gasteiger charge is -2.29. The maximum absolute atomic E-state index is 6.61. The fourth-order valence-corrected chi connectivity index (χ4v) is 10.4. The van der Waals surface area contributed by atoms with Gasteiger partial charge in [0.15, 0.2) is 5.58 Å². The number of benzene rings is 10. The molecule has 68 heavy (non-hydrogen) atoms. The molecule has 11 aromatic rings. The minimum Gasteiger partial charge on any atom is -0.435 e. The lowest BCUT2D eigenvalue weighted by Crippen LogP contribution is -2.11. The fourth-order valence-electron chi connectivity index (χ4n) is 10.4. The second kappa shape index (κ2) is 16.6. The molecule has 0 fully saturated rings. The van der Waals surface area contributed by atoms with E-state index >= 15 is 0 Å². The van der Waals surface area contributed by atoms with Crippen LogP contribution in [0.1, 0.15) is 12.0 Å². The molecule has 0 amide bonds. The van der Waals surface area contributed by atoms with Crippen molar-refractivity contribution in [2.45, 2.75) is 6.42 Å². The average molecular weight is 869 g/mol. The van der Waals surface area contributed by atoms with Crippen molar-refractivity contribution < 1.29 is 4.42 Å². The maximum Gasteiger partial charge on any atom is 0.227 e. The predicted octanol–water partition coefficient (Wildman–Crippen LogP) is 17.9. The van der Waals surface area contributed by atoms with E-state index in [4.69, 9.17) is 9.40 Å². The number of anilines is 3. The first-order valence-corrected chi connectivity index (χ1v) is 23.5. The van der Waals surface area contributed by atoms with Crippen LogP contribution in [0.25, 0.3) is 93.8 Å². The van der Waals surface area contributed by atoms with Crippen molar-refractivity contribution >= 4 is 66.1 Å². The molecule has 2 aliphatic carbocycles. The third kappa shape index (κ3) is 7.04. The first-order chi connectivity index (χ1) is 33.7. The summed E-state index contributed by atoms with van der Waals surface area (Å²) in [5.74, 6) is 1.05. The van der Waals surface area contributed by atoms with E-state index in [1.165, 1.54) is 44.0 Å². The molecule has 1 atom stereocenters. The lowest BCUT2D eigenvalue weighted by molar-refractivity contribution is 0.623. The number of fused-ring (bicyclic) bond motifs is 6. The molecule has 2 aliphatic rings. The van der Waals surface area contributed by atoms with E-state index in [-0.39, 0.29) is 0 Å². The first kappa shape index (κ1) is 39.6. The normalized spacial score (nSPS) is 14.3. The van der Waals surface area contributed by atoms with E-state index in [0.29, 0.717) is 11.8 Å². The van der Waals surface area contributed by atoms with Crippen molar-refractivity contribution in [3.05, 3.63) is 260 Å². The Balaban J connectivity index is 0.929. The van der Waals surface area contributed by atoms with Gasteiger partial charge in [0.25, 0.3) is 0 Å². The third-order valence-electron chi connectivity index (χ3n) is 13.8. The summed E-state index contributed by atoms with van der Waals surface area (Å²) in [6.07, 6.45) is 14.6. The molecule has 0 bridgehead atoms. The van der Waals surface area contributed by atoms with Gasteiger partial charge in [0.1, 0.15) is 5.52 Å². The molecule has 1 heterocycles. The first-order valence-electron chi connectivity index (χ1n) is 23.5. The van der Waals surface area contributed by atoms with Crippen LogP contribution in [-0.4, -0.2) is 4.98 Å². The Hall–Kier alpha value is -8.79. The Kier molecular flexibility index (Phi) is 9.64. The van der Waals surface area contributed by atoms with Crippen molar-refractivity contribution in [3.8, 4) is 44.8 Å². The zero-order chi connectivity index (χ0) is 45.0. The second-order valence-electron chi connectivity index (χ2n) is 17.8. The number of nitrogens with zero attached hydrogens (tertiary/aromatic N) is 2. The molecular formula is C65H44N2O. The quantitative estimate of drug-likeness (QED) is 0.152. The zero-order valence-corrected chi connectivity index (χ0v) is 37.3. The number of hydrogen-bond donors (Lipinski definition) is 0. The van der Waals surface area contributed by atoms with Crippen LogP contribution in [0.3, 0.4) is 0 Å². The van der Waals surface area contributed by atoms with Crippen molar-refractivity contribution in [1.82, 2.24) is 4.98 Å². The number of hydrogen-bond acceptors (Lipinski definition) is 3. The molecule has 0 saturated heterocycles. The van der Waals surface area contributed by atoms with Crippen LogP contribution in [0, 0.1) is 5.92 Å². The summed E-state index contributed by atoms with van der Waals surface area (Å²) >= 11 is 0. The van der Waals surface area contributed by atoms with Gasteiger partial charge in [-0.25, -0.2) is 4.98 Å². The molecule has 1 unspecified atom stereocenters. The summed E-state index contributed by atoms with van der Waals surface area (Å²) in [6.45, 7) is 0. The lowest BCUT2D eigenvalue weighted by atomic mass is 9.82. The second-order valence-corrected chi connectivity index (χ2v) is 17.8. The highest BCUT2D eigenvalue weighted by Gasteiger charge is 2.22. The standard InChI is InChI=1S/C65H44N2O/c1-2-14-43(15-3-1)49-22-11-24-55(41-49)67(54-34-32-46(33-35-54)57-27-12-20-45-17-6-8-25-56(45)57)63-42-53(40-51-19-7-9-26-59(51)63)48-21-10-23-50(38-48)58-28-13-29-61-60(58)36-37-62-64(61)68-65(66-62)52-31-30-44-16-4-5-18-47(44)39-52/h1-19,21-42,45H,20H2. The Morgan fingerprint density at radius 1 is 0.441 bits per heavy atom. The molecule has 0 spiro atoms. The minimum atomic E-state index is 0.421. The average Bonchev–Trinajstić information content (AvgIpc) is 3.87. The van der Waals surface area contributed by atoms with Crippen LogP contribution in [0.15, 0.2) is 259 Å². The van der Waals surface area contributed by atoms with E-state index in [9.17, 15) is 0 Å². The van der Waals surface area contributed by atoms with Gasteiger partial charge in [-0.05, 0) is 139 Å². The van der Waals surface area contributed by atoms with E-state index in [1.54, 1.807) is 0 Å². The molecule has 0 saturated carbocycles. The topological polar surface area (TPSA) is 29.3 Å². The highest BCUT2D eigenvalue weighted by Crippen LogP contribution is 2.45. The predicted molar refractivity (Wildman–Crippen MR) is 285 cm³/mol. The van der Waals surface area contributed by atoms with Crippen LogP contribution >= 0.6 is 0 Å². The number of rotatable bonds is 8. The molecule has 1 aromatic heterocycles. The van der Waals surface area contributed by atoms with Gasteiger partial charge in [-0.2, -0.15) is 0 Å². The summed E-state index contributed by atoms with van der Waals surface area (Å²) in [4.78, 5) is 7.40. The molecular weight excluding hydrogens is 825 g/mol. The van der Waals surface area contributed by atoms with E-state index in [0.717, 1.165) is 78.6 Å². The van der Waals surface area contributed by atoms with E-state index in [1.807, 2.05) is 0 Å². The van der Waals surface area contributed by atoms with Crippen molar-refractivity contribution in [2.24, 2.45) is 5.92 Å². The van der Waals surface area contributed by atoms with Crippen LogP contribution in [0.2, 0.25) is 0 Å². The fraction of sp³-hybridized carbons (Fsp3) is 0.0308. The van der Waals surface area contributed by atoms with Crippen molar-refractivity contribution in [3.63, 3.8) is 0 Å². The smallest absolute Gasteiger partial charge is 0.227 e. The van der Waals surface area contributed by atoms with E-state index < -0.39 is 0 Å². The summed E-state index contributed by atoms with van der Waals surface area (Å²) in [7, 11) is 0. The van der Waals surface area contributed by atoms with Gasteiger partial charge in [0.05, 0.1) is 5.69 Å². The van der Waals surface area contributed by atoms with Crippen LogP contribution < -0.4 is 4.90 Å². The van der Waals surface area contributed by atoms with E-state index in [2.05, 4.69) is 254 Å². The molecule has 3 heteroatoms. The van der Waals surface area contributed by atoms with Gasteiger partial charge in [-0.3, -0.25) is 0 Å². The number of allylic oxidation sites excluding steroid dienone is 8. The Morgan fingerprint density at radius 3 is 2.06 bits per heavy atom. The van der Waals surface area contributed by atoms with Crippen molar-refractivity contribution in [2.75, 3.05) is 4.90 Å². The largest absolute Gasteiger partial charge is 0.435 e. The molecule has 0 aliphatic heterocycles. The molecule has 320 valence electrons. The molecule has 0 radical (unpaired) electrons. The molecule has 13 rings (SSSR count). The summed E-state index contributed by atoms with van der Waals surface area (Å²) in [5.41, 5.74) is 16.7. The Labute approximate surface area is 395 Å². The zero-order valence-electron chi connectivity index (χ0n) is 37.3. The van der Waals surface area contributed by atoms with Gasteiger partial charge in [0, 0.05) is 33.6 Å². The minimum absolute atomic E-state index is 0.421. The summed E-state index contributed by atoms with van der Waals surface area (Å²) in [5, 5.41) is 6.87. The molecule has 10 aromatic carbocycles. The van der Waals surface area contributed by atoms with Crippen LogP contribution in [-0.2, 0) is 0 Å². The molecule has 3 nitrogen and oxygen atoms in total. The van der Waals surface area contributed by atoms with Gasteiger partial charge >= 0.3 is 0 Å². The van der Waals surface area contributed by atoms with Crippen LogP contribution in [0.4, 0.5) is 17.1 Å².